The fraction of sp³-hybridized carbons (Fsp3) is 0.333. The largest absolute Gasteiger partial charge is 0.493 e. The molecule has 2 heterocycles. The predicted molar refractivity (Wildman–Crippen MR) is 149 cm³/mol. The van der Waals surface area contributed by atoms with E-state index in [0.717, 1.165) is 25.9 Å². The van der Waals surface area contributed by atoms with Crippen molar-refractivity contribution in [2.75, 3.05) is 46.0 Å². The summed E-state index contributed by atoms with van der Waals surface area (Å²) < 4.78 is 28.2. The molecule has 0 amide bonds. The molecular weight excluding hydrogens is 514 g/mol. The first-order chi connectivity index (χ1) is 19.6. The zero-order valence-electron chi connectivity index (χ0n) is 22.5. The zero-order valence-corrected chi connectivity index (χ0v) is 22.5. The van der Waals surface area contributed by atoms with Gasteiger partial charge in [0.05, 0.1) is 25.3 Å². The third kappa shape index (κ3) is 6.30. The van der Waals surface area contributed by atoms with Gasteiger partial charge < -0.3 is 29.0 Å². The number of ether oxygens (including phenoxy) is 5. The van der Waals surface area contributed by atoms with Crippen molar-refractivity contribution >= 4 is 39.5 Å². The molecule has 10 heteroatoms. The summed E-state index contributed by atoms with van der Waals surface area (Å²) in [7, 11) is 3.16. The van der Waals surface area contributed by atoms with Crippen molar-refractivity contribution in [3.63, 3.8) is 0 Å². The van der Waals surface area contributed by atoms with Crippen LogP contribution in [0.3, 0.4) is 0 Å². The SMILES string of the molecule is COCCOc1cc2ncnc(Nc3ccc(OCC4CCCCO4)cc3C3=CC(=O)C=CC3=O)c2cc1OC. The molecule has 0 spiro atoms. The van der Waals surface area contributed by atoms with E-state index in [0.29, 0.717) is 65.0 Å². The second-order valence-corrected chi connectivity index (χ2v) is 9.37. The lowest BCUT2D eigenvalue weighted by atomic mass is 9.94. The molecule has 40 heavy (non-hydrogen) atoms. The number of carbonyl (C=O) groups excluding carboxylic acids is 2. The number of nitrogens with one attached hydrogen (secondary N) is 1. The number of fused-ring (bicyclic) bond motifs is 1. The minimum atomic E-state index is -0.275. The molecule has 1 atom stereocenters. The van der Waals surface area contributed by atoms with Crippen molar-refractivity contribution in [2.24, 2.45) is 0 Å². The highest BCUT2D eigenvalue weighted by atomic mass is 16.5. The summed E-state index contributed by atoms with van der Waals surface area (Å²) >= 11 is 0. The van der Waals surface area contributed by atoms with Crippen LogP contribution < -0.4 is 19.5 Å². The molecule has 1 N–H and O–H groups in total. The van der Waals surface area contributed by atoms with E-state index in [2.05, 4.69) is 15.3 Å². The van der Waals surface area contributed by atoms with Gasteiger partial charge in [-0.3, -0.25) is 9.59 Å². The Bertz CT molecular complexity index is 1460. The van der Waals surface area contributed by atoms with Crippen LogP contribution in [0.1, 0.15) is 24.8 Å². The number of rotatable bonds is 11. The molecule has 1 aliphatic heterocycles. The molecule has 0 bridgehead atoms. The molecule has 1 aliphatic carbocycles. The van der Waals surface area contributed by atoms with Gasteiger partial charge in [0.25, 0.3) is 0 Å². The Morgan fingerprint density at radius 2 is 1.90 bits per heavy atom. The van der Waals surface area contributed by atoms with Gasteiger partial charge >= 0.3 is 0 Å². The Morgan fingerprint density at radius 3 is 2.70 bits per heavy atom. The summed E-state index contributed by atoms with van der Waals surface area (Å²) in [5.41, 5.74) is 1.98. The summed E-state index contributed by atoms with van der Waals surface area (Å²) in [5.74, 6) is 1.56. The standard InChI is InChI=1S/C30H31N3O7/c1-36-11-12-39-29-16-26-24(15-28(29)37-2)30(32-18-31-26)33-25-8-7-20(40-17-21-5-3-4-10-38-21)14-22(25)23-13-19(34)6-9-27(23)35/h6-9,13-16,18,21H,3-5,10-12,17H2,1-2H3,(H,31,32,33). The van der Waals surface area contributed by atoms with E-state index in [9.17, 15) is 9.59 Å². The van der Waals surface area contributed by atoms with Crippen LogP contribution in [0.15, 0.2) is 54.9 Å². The second kappa shape index (κ2) is 12.7. The van der Waals surface area contributed by atoms with Gasteiger partial charge in [-0.2, -0.15) is 0 Å². The quantitative estimate of drug-likeness (QED) is 0.274. The van der Waals surface area contributed by atoms with Gasteiger partial charge in [-0.05, 0) is 61.8 Å². The van der Waals surface area contributed by atoms with Gasteiger partial charge in [0.1, 0.15) is 31.1 Å². The van der Waals surface area contributed by atoms with Crippen molar-refractivity contribution in [1.29, 1.82) is 0 Å². The van der Waals surface area contributed by atoms with Crippen molar-refractivity contribution in [1.82, 2.24) is 9.97 Å². The molecule has 3 aromatic rings. The molecule has 1 aromatic heterocycles. The number of anilines is 2. The Kier molecular flexibility index (Phi) is 8.68. The van der Waals surface area contributed by atoms with Crippen molar-refractivity contribution in [3.05, 3.63) is 60.5 Å². The highest BCUT2D eigenvalue weighted by molar-refractivity contribution is 6.34. The summed E-state index contributed by atoms with van der Waals surface area (Å²) in [5, 5.41) is 4.01. The minimum absolute atomic E-state index is 0.0285. The van der Waals surface area contributed by atoms with Crippen LogP contribution in [0.25, 0.3) is 16.5 Å². The Hall–Kier alpha value is -4.28. The van der Waals surface area contributed by atoms with E-state index in [1.165, 1.54) is 24.6 Å². The Labute approximate surface area is 231 Å². The smallest absolute Gasteiger partial charge is 0.186 e. The molecule has 1 saturated heterocycles. The number of hydrogen-bond acceptors (Lipinski definition) is 10. The molecule has 10 nitrogen and oxygen atoms in total. The van der Waals surface area contributed by atoms with E-state index < -0.39 is 0 Å². The molecular formula is C30H31N3O7. The van der Waals surface area contributed by atoms with E-state index >= 15 is 0 Å². The number of ketones is 2. The maximum Gasteiger partial charge on any atom is 0.186 e. The summed E-state index contributed by atoms with van der Waals surface area (Å²) in [4.78, 5) is 33.9. The predicted octanol–water partition coefficient (Wildman–Crippen LogP) is 4.45. The maximum atomic E-state index is 12.8. The molecule has 5 rings (SSSR count). The van der Waals surface area contributed by atoms with E-state index in [-0.39, 0.29) is 23.2 Å². The maximum absolute atomic E-state index is 12.8. The number of methoxy groups -OCH3 is 2. The topological polar surface area (TPSA) is 118 Å². The van der Waals surface area contributed by atoms with Crippen LogP contribution in [0, 0.1) is 0 Å². The van der Waals surface area contributed by atoms with Crippen LogP contribution in [0.5, 0.6) is 17.2 Å². The molecule has 2 aromatic carbocycles. The average molecular weight is 546 g/mol. The van der Waals surface area contributed by atoms with Crippen molar-refractivity contribution in [3.8, 4) is 17.2 Å². The van der Waals surface area contributed by atoms with Gasteiger partial charge in [-0.25, -0.2) is 9.97 Å². The van der Waals surface area contributed by atoms with Crippen molar-refractivity contribution < 1.29 is 33.3 Å². The molecule has 1 fully saturated rings. The molecule has 208 valence electrons. The minimum Gasteiger partial charge on any atom is -0.493 e. The van der Waals surface area contributed by atoms with Crippen LogP contribution in [-0.2, 0) is 19.1 Å². The van der Waals surface area contributed by atoms with E-state index in [4.69, 9.17) is 23.7 Å². The van der Waals surface area contributed by atoms with Gasteiger partial charge in [-0.1, -0.05) is 0 Å². The third-order valence-corrected chi connectivity index (χ3v) is 6.66. The zero-order chi connectivity index (χ0) is 27.9. The van der Waals surface area contributed by atoms with E-state index in [1.807, 2.05) is 6.07 Å². The number of nitrogens with zero attached hydrogens (tertiary/aromatic N) is 2. The summed E-state index contributed by atoms with van der Waals surface area (Å²) in [6, 6.07) is 8.94. The van der Waals surface area contributed by atoms with Gasteiger partial charge in [0.15, 0.2) is 23.1 Å². The number of allylic oxidation sites excluding steroid dienone is 4. The average Bonchev–Trinajstić information content (AvgIpc) is 2.98. The molecule has 1 unspecified atom stereocenters. The van der Waals surface area contributed by atoms with Gasteiger partial charge in [0, 0.05) is 42.0 Å². The van der Waals surface area contributed by atoms with Crippen molar-refractivity contribution in [2.45, 2.75) is 25.4 Å². The van der Waals surface area contributed by atoms with Crippen LogP contribution >= 0.6 is 0 Å². The first-order valence-corrected chi connectivity index (χ1v) is 13.1. The Balaban J connectivity index is 1.48. The highest BCUT2D eigenvalue weighted by Crippen LogP contribution is 2.37. The van der Waals surface area contributed by atoms with Crippen LogP contribution in [-0.4, -0.2) is 68.3 Å². The number of hydrogen-bond donors (Lipinski definition) is 1. The highest BCUT2D eigenvalue weighted by Gasteiger charge is 2.21. The van der Waals surface area contributed by atoms with Crippen LogP contribution in [0.2, 0.25) is 0 Å². The molecule has 2 aliphatic rings. The number of carbonyl (C=O) groups is 2. The van der Waals surface area contributed by atoms with Gasteiger partial charge in [0.2, 0.25) is 0 Å². The lowest BCUT2D eigenvalue weighted by Crippen LogP contribution is -2.25. The van der Waals surface area contributed by atoms with Crippen LogP contribution in [0.4, 0.5) is 11.5 Å². The second-order valence-electron chi connectivity index (χ2n) is 9.37. The van der Waals surface area contributed by atoms with E-state index in [1.54, 1.807) is 38.5 Å². The lowest BCUT2D eigenvalue weighted by molar-refractivity contribution is -0.113. The normalized spacial score (nSPS) is 17.1. The first kappa shape index (κ1) is 27.3. The lowest BCUT2D eigenvalue weighted by Gasteiger charge is -2.23. The Morgan fingerprint density at radius 1 is 1.00 bits per heavy atom. The number of aromatic nitrogens is 2. The first-order valence-electron chi connectivity index (χ1n) is 13.1. The number of benzene rings is 2. The fourth-order valence-corrected chi connectivity index (χ4v) is 4.59. The summed E-state index contributed by atoms with van der Waals surface area (Å²) in [6.45, 7) is 1.93. The monoisotopic (exact) mass is 545 g/mol. The third-order valence-electron chi connectivity index (χ3n) is 6.66. The molecule has 0 saturated carbocycles. The fourth-order valence-electron chi connectivity index (χ4n) is 4.59. The summed E-state index contributed by atoms with van der Waals surface area (Å²) in [6.07, 6.45) is 8.45. The van der Waals surface area contributed by atoms with Gasteiger partial charge in [-0.15, -0.1) is 0 Å². The molecule has 0 radical (unpaired) electrons.